The van der Waals surface area contributed by atoms with Crippen molar-refractivity contribution in [2.24, 2.45) is 11.8 Å². The first-order valence-electron chi connectivity index (χ1n) is 5.33. The van der Waals surface area contributed by atoms with Crippen LogP contribution in [0.4, 0.5) is 0 Å². The van der Waals surface area contributed by atoms with Gasteiger partial charge in [0.25, 0.3) is 0 Å². The van der Waals surface area contributed by atoms with Crippen molar-refractivity contribution in [1.82, 2.24) is 0 Å². The molecule has 0 heterocycles. The van der Waals surface area contributed by atoms with Crippen molar-refractivity contribution < 1.29 is 0 Å². The molecule has 1 saturated carbocycles. The van der Waals surface area contributed by atoms with Gasteiger partial charge in [-0.1, -0.05) is 43.2 Å². The van der Waals surface area contributed by atoms with Gasteiger partial charge in [-0.3, -0.25) is 0 Å². The Kier molecular flexibility index (Phi) is 2.39. The summed E-state index contributed by atoms with van der Waals surface area (Å²) in [4.78, 5) is 0. The summed E-state index contributed by atoms with van der Waals surface area (Å²) in [6.45, 7) is 6.09. The Balaban J connectivity index is 2.16. The van der Waals surface area contributed by atoms with Gasteiger partial charge in [0.1, 0.15) is 0 Å². The average molecular weight is 174 g/mol. The number of fused-ring (bicyclic) bond motifs is 1. The second-order valence-corrected chi connectivity index (χ2v) is 4.37. The Morgan fingerprint density at radius 3 is 2.69 bits per heavy atom. The summed E-state index contributed by atoms with van der Waals surface area (Å²) in [6, 6.07) is 0. The molecule has 0 aromatic heterocycles. The van der Waals surface area contributed by atoms with Crippen LogP contribution in [0.1, 0.15) is 32.6 Å². The first-order valence-corrected chi connectivity index (χ1v) is 5.33. The lowest BCUT2D eigenvalue weighted by molar-refractivity contribution is 0.333. The molecule has 0 amide bonds. The van der Waals surface area contributed by atoms with E-state index in [1.807, 2.05) is 0 Å². The first-order chi connectivity index (χ1) is 6.27. The van der Waals surface area contributed by atoms with E-state index < -0.39 is 0 Å². The van der Waals surface area contributed by atoms with Gasteiger partial charge in [-0.25, -0.2) is 0 Å². The van der Waals surface area contributed by atoms with Crippen LogP contribution >= 0.6 is 0 Å². The lowest BCUT2D eigenvalue weighted by Gasteiger charge is -2.30. The molecule has 0 saturated heterocycles. The molecule has 0 aromatic rings. The van der Waals surface area contributed by atoms with Crippen molar-refractivity contribution in [3.63, 3.8) is 0 Å². The van der Waals surface area contributed by atoms with Gasteiger partial charge in [-0.05, 0) is 37.2 Å². The molecular weight excluding hydrogens is 156 g/mol. The molecule has 0 bridgehead atoms. The van der Waals surface area contributed by atoms with Crippen LogP contribution in [0.25, 0.3) is 0 Å². The van der Waals surface area contributed by atoms with E-state index >= 15 is 0 Å². The van der Waals surface area contributed by atoms with Gasteiger partial charge < -0.3 is 0 Å². The van der Waals surface area contributed by atoms with Crippen molar-refractivity contribution in [3.8, 4) is 0 Å². The second-order valence-electron chi connectivity index (χ2n) is 4.37. The van der Waals surface area contributed by atoms with Crippen LogP contribution in [0, 0.1) is 11.8 Å². The maximum absolute atomic E-state index is 4.00. The third-order valence-corrected chi connectivity index (χ3v) is 3.28. The first kappa shape index (κ1) is 8.80. The van der Waals surface area contributed by atoms with Crippen LogP contribution in [0.2, 0.25) is 0 Å². The smallest absolute Gasteiger partial charge is 0.0161 e. The minimum atomic E-state index is 0.811. The van der Waals surface area contributed by atoms with Crippen LogP contribution < -0.4 is 0 Å². The molecule has 0 aliphatic heterocycles. The van der Waals surface area contributed by atoms with E-state index in [0.717, 1.165) is 11.8 Å². The summed E-state index contributed by atoms with van der Waals surface area (Å²) in [5, 5.41) is 0. The zero-order chi connectivity index (χ0) is 9.26. The van der Waals surface area contributed by atoms with Gasteiger partial charge in [-0.2, -0.15) is 0 Å². The number of hydrogen-bond acceptors (Lipinski definition) is 0. The third kappa shape index (κ3) is 1.77. The zero-order valence-electron chi connectivity index (χ0n) is 8.42. The summed E-state index contributed by atoms with van der Waals surface area (Å²) >= 11 is 0. The Bertz CT molecular complexity index is 268. The molecule has 0 aromatic carbocycles. The van der Waals surface area contributed by atoms with Crippen molar-refractivity contribution in [1.29, 1.82) is 0 Å². The van der Waals surface area contributed by atoms with Crippen molar-refractivity contribution in [3.05, 3.63) is 36.0 Å². The van der Waals surface area contributed by atoms with Gasteiger partial charge in [-0.15, -0.1) is 0 Å². The molecule has 0 radical (unpaired) electrons. The summed E-state index contributed by atoms with van der Waals surface area (Å²) in [5.74, 6) is 1.64. The van der Waals surface area contributed by atoms with Gasteiger partial charge in [0.15, 0.2) is 0 Å². The molecule has 2 aliphatic rings. The summed E-state index contributed by atoms with van der Waals surface area (Å²) in [6.07, 6.45) is 12.7. The second kappa shape index (κ2) is 3.53. The highest BCUT2D eigenvalue weighted by molar-refractivity contribution is 5.39. The molecule has 2 rings (SSSR count). The van der Waals surface area contributed by atoms with Crippen LogP contribution in [0.15, 0.2) is 36.0 Å². The van der Waals surface area contributed by atoms with Gasteiger partial charge in [0.2, 0.25) is 0 Å². The molecule has 70 valence electrons. The number of allylic oxidation sites excluding steroid dienone is 5. The van der Waals surface area contributed by atoms with Crippen LogP contribution in [0.3, 0.4) is 0 Å². The van der Waals surface area contributed by atoms with Crippen LogP contribution in [0.5, 0.6) is 0 Å². The van der Waals surface area contributed by atoms with Gasteiger partial charge in [0.05, 0.1) is 0 Å². The lowest BCUT2D eigenvalue weighted by atomic mass is 9.75. The van der Waals surface area contributed by atoms with E-state index in [0.29, 0.717) is 0 Å². The fourth-order valence-corrected chi connectivity index (χ4v) is 2.43. The monoisotopic (exact) mass is 174 g/mol. The molecule has 2 atom stereocenters. The Morgan fingerprint density at radius 1 is 1.31 bits per heavy atom. The molecular formula is C13H18. The molecule has 13 heavy (non-hydrogen) atoms. The molecule has 0 nitrogen and oxygen atoms in total. The molecule has 0 spiro atoms. The molecule has 2 unspecified atom stereocenters. The van der Waals surface area contributed by atoms with Gasteiger partial charge in [0, 0.05) is 0 Å². The predicted octanol–water partition coefficient (Wildman–Crippen LogP) is 3.87. The van der Waals surface area contributed by atoms with Gasteiger partial charge >= 0.3 is 0 Å². The molecule has 2 aliphatic carbocycles. The van der Waals surface area contributed by atoms with E-state index in [2.05, 4.69) is 31.7 Å². The van der Waals surface area contributed by atoms with E-state index in [1.54, 1.807) is 0 Å². The Morgan fingerprint density at radius 2 is 2.00 bits per heavy atom. The quantitative estimate of drug-likeness (QED) is 0.566. The normalized spacial score (nSPS) is 32.2. The maximum atomic E-state index is 4.00. The molecule has 0 N–H and O–H groups in total. The standard InChI is InChI=1S/C13H18/c1-10(2)12-8-7-11-5-3-4-6-13(11)9-12/h7-9,11,13H,1,3-6H2,2H3. The Labute approximate surface area is 81.0 Å². The highest BCUT2D eigenvalue weighted by Gasteiger charge is 2.23. The summed E-state index contributed by atoms with van der Waals surface area (Å²) in [7, 11) is 0. The SMILES string of the molecule is C=C(C)C1=CC2CCCCC2C=C1. The van der Waals surface area contributed by atoms with Crippen LogP contribution in [-0.2, 0) is 0 Å². The minimum Gasteiger partial charge on any atom is -0.0955 e. The van der Waals surface area contributed by atoms with Crippen molar-refractivity contribution in [2.45, 2.75) is 32.6 Å². The average Bonchev–Trinajstić information content (AvgIpc) is 2.17. The number of rotatable bonds is 1. The predicted molar refractivity (Wildman–Crippen MR) is 57.5 cm³/mol. The minimum absolute atomic E-state index is 0.811. The van der Waals surface area contributed by atoms with Crippen LogP contribution in [-0.4, -0.2) is 0 Å². The Hall–Kier alpha value is -0.780. The fraction of sp³-hybridized carbons (Fsp3) is 0.538. The third-order valence-electron chi connectivity index (χ3n) is 3.28. The summed E-state index contributed by atoms with van der Waals surface area (Å²) < 4.78 is 0. The van der Waals surface area contributed by atoms with Crippen molar-refractivity contribution in [2.75, 3.05) is 0 Å². The largest absolute Gasteiger partial charge is 0.0955 e. The van der Waals surface area contributed by atoms with Crippen molar-refractivity contribution >= 4 is 0 Å². The lowest BCUT2D eigenvalue weighted by Crippen LogP contribution is -2.18. The summed E-state index contributed by atoms with van der Waals surface area (Å²) in [5.41, 5.74) is 2.57. The zero-order valence-corrected chi connectivity index (χ0v) is 8.42. The maximum Gasteiger partial charge on any atom is -0.0161 e. The molecule has 1 fully saturated rings. The highest BCUT2D eigenvalue weighted by Crippen LogP contribution is 2.36. The number of hydrogen-bond donors (Lipinski definition) is 0. The topological polar surface area (TPSA) is 0 Å². The fourth-order valence-electron chi connectivity index (χ4n) is 2.43. The van der Waals surface area contributed by atoms with E-state index in [4.69, 9.17) is 0 Å². The molecule has 0 heteroatoms. The highest BCUT2D eigenvalue weighted by atomic mass is 14.3. The van der Waals surface area contributed by atoms with E-state index in [1.165, 1.54) is 36.8 Å². The van der Waals surface area contributed by atoms with E-state index in [9.17, 15) is 0 Å². The van der Waals surface area contributed by atoms with E-state index in [-0.39, 0.29) is 0 Å².